The summed E-state index contributed by atoms with van der Waals surface area (Å²) in [7, 11) is 0. The number of carbonyl (C=O) groups is 1. The number of carbonyl (C=O) groups excluding carboxylic acids is 1. The highest BCUT2D eigenvalue weighted by atomic mass is 35.5. The highest BCUT2D eigenvalue weighted by molar-refractivity contribution is 7.07. The molecule has 0 spiro atoms. The zero-order valence-corrected chi connectivity index (χ0v) is 27.0. The quantitative estimate of drug-likeness (QED) is 0.186. The summed E-state index contributed by atoms with van der Waals surface area (Å²) in [6, 6.07) is 20.4. The van der Waals surface area contributed by atoms with Crippen LogP contribution < -0.4 is 24.4 Å². The first kappa shape index (κ1) is 31.3. The van der Waals surface area contributed by atoms with Crippen LogP contribution >= 0.6 is 22.9 Å². The van der Waals surface area contributed by atoms with E-state index < -0.39 is 12.0 Å². The van der Waals surface area contributed by atoms with Crippen LogP contribution in [0.5, 0.6) is 11.5 Å². The van der Waals surface area contributed by atoms with Crippen LogP contribution in [0.3, 0.4) is 0 Å². The maximum Gasteiger partial charge on any atom is 0.338 e. The highest BCUT2D eigenvalue weighted by Gasteiger charge is 2.33. The summed E-state index contributed by atoms with van der Waals surface area (Å²) >= 11 is 7.29. The Hall–Kier alpha value is -4.14. The van der Waals surface area contributed by atoms with Crippen LogP contribution in [0.2, 0.25) is 5.02 Å². The molecule has 1 aliphatic heterocycles. The number of rotatable bonds is 10. The number of aromatic nitrogens is 1. The van der Waals surface area contributed by atoms with E-state index in [0.717, 1.165) is 16.7 Å². The molecule has 3 aromatic carbocycles. The lowest BCUT2D eigenvalue weighted by Gasteiger charge is -2.25. The van der Waals surface area contributed by atoms with Gasteiger partial charge in [0.05, 0.1) is 35.1 Å². The van der Waals surface area contributed by atoms with E-state index in [1.807, 2.05) is 79.7 Å². The molecule has 1 aromatic heterocycles. The van der Waals surface area contributed by atoms with Crippen molar-refractivity contribution in [3.05, 3.63) is 125 Å². The number of nitrogens with zero attached hydrogens (tertiary/aromatic N) is 2. The molecule has 9 heteroatoms. The van der Waals surface area contributed by atoms with Crippen molar-refractivity contribution in [3.8, 4) is 11.5 Å². The Bertz CT molecular complexity index is 1870. The molecule has 0 fully saturated rings. The molecule has 5 rings (SSSR count). The first-order valence-corrected chi connectivity index (χ1v) is 15.8. The first-order chi connectivity index (χ1) is 21.2. The van der Waals surface area contributed by atoms with Gasteiger partial charge in [-0.1, -0.05) is 79.2 Å². The van der Waals surface area contributed by atoms with Gasteiger partial charge >= 0.3 is 5.97 Å². The van der Waals surface area contributed by atoms with Crippen LogP contribution in [0, 0.1) is 0 Å². The van der Waals surface area contributed by atoms with Crippen LogP contribution in [0.4, 0.5) is 0 Å². The molecule has 1 atom stereocenters. The van der Waals surface area contributed by atoms with E-state index in [1.165, 1.54) is 16.9 Å². The number of ether oxygens (including phenoxy) is 3. The Labute approximate surface area is 265 Å². The average molecular weight is 631 g/mol. The highest BCUT2D eigenvalue weighted by Crippen LogP contribution is 2.32. The lowest BCUT2D eigenvalue weighted by atomic mass is 9.93. The third-order valence-electron chi connectivity index (χ3n) is 7.31. The fraction of sp³-hybridized carbons (Fsp3) is 0.286. The van der Waals surface area contributed by atoms with E-state index in [4.69, 9.17) is 25.8 Å². The van der Waals surface area contributed by atoms with Crippen LogP contribution in [-0.4, -0.2) is 23.8 Å². The molecule has 0 saturated heterocycles. The maximum absolute atomic E-state index is 14.0. The average Bonchev–Trinajstić information content (AvgIpc) is 3.31. The molecule has 0 unspecified atom stereocenters. The van der Waals surface area contributed by atoms with Gasteiger partial charge < -0.3 is 14.2 Å². The second-order valence-electron chi connectivity index (χ2n) is 10.7. The number of fused-ring (bicyclic) bond motifs is 1. The fourth-order valence-corrected chi connectivity index (χ4v) is 6.24. The van der Waals surface area contributed by atoms with Gasteiger partial charge in [0.1, 0.15) is 6.61 Å². The van der Waals surface area contributed by atoms with Gasteiger partial charge in [-0.05, 0) is 79.3 Å². The molecule has 4 aromatic rings. The zero-order chi connectivity index (χ0) is 31.4. The number of allylic oxidation sites excluding steroid dienone is 1. The molecule has 0 saturated carbocycles. The topological polar surface area (TPSA) is 79.1 Å². The van der Waals surface area contributed by atoms with Crippen LogP contribution in [0.15, 0.2) is 87.8 Å². The molecule has 0 radical (unpaired) electrons. The van der Waals surface area contributed by atoms with E-state index in [2.05, 4.69) is 18.8 Å². The monoisotopic (exact) mass is 630 g/mol. The number of benzene rings is 3. The van der Waals surface area contributed by atoms with E-state index in [-0.39, 0.29) is 12.2 Å². The number of esters is 1. The van der Waals surface area contributed by atoms with Crippen molar-refractivity contribution in [1.29, 1.82) is 0 Å². The fourth-order valence-electron chi connectivity index (χ4n) is 5.07. The first-order valence-electron chi connectivity index (χ1n) is 14.6. The van der Waals surface area contributed by atoms with Crippen LogP contribution in [0.1, 0.15) is 68.8 Å². The summed E-state index contributed by atoms with van der Waals surface area (Å²) in [5, 5.41) is 0.668. The standard InChI is InChI=1S/C35H35ClN2O5S/c1-6-41-29-18-24(10-17-28(29)43-20-23-8-15-27(36)16-9-23)19-30-33(39)38-32(26-13-11-25(12-14-26)21(3)4)31(34(40)42-7-2)22(5)37-35(38)44-30/h8-19,21,32H,6-7,20H2,1-5H3/b30-19-/t32-/m0/s1. The minimum absolute atomic E-state index is 0.223. The molecule has 0 amide bonds. The normalized spacial score (nSPS) is 14.8. The summed E-state index contributed by atoms with van der Waals surface area (Å²) < 4.78 is 19.5. The molecular formula is C35H35ClN2O5S. The van der Waals surface area contributed by atoms with Gasteiger partial charge in [-0.25, -0.2) is 9.79 Å². The third-order valence-corrected chi connectivity index (χ3v) is 8.54. The van der Waals surface area contributed by atoms with Crippen LogP contribution in [-0.2, 0) is 16.1 Å². The van der Waals surface area contributed by atoms with Gasteiger partial charge in [0, 0.05) is 5.02 Å². The van der Waals surface area contributed by atoms with E-state index in [0.29, 0.717) is 56.3 Å². The Morgan fingerprint density at radius 3 is 2.39 bits per heavy atom. The van der Waals surface area contributed by atoms with Crippen molar-refractivity contribution in [3.63, 3.8) is 0 Å². The van der Waals surface area contributed by atoms with E-state index in [1.54, 1.807) is 18.4 Å². The lowest BCUT2D eigenvalue weighted by Crippen LogP contribution is -2.39. The molecule has 44 heavy (non-hydrogen) atoms. The Morgan fingerprint density at radius 1 is 1.00 bits per heavy atom. The molecular weight excluding hydrogens is 596 g/mol. The molecule has 7 nitrogen and oxygen atoms in total. The predicted octanol–water partition coefficient (Wildman–Crippen LogP) is 6.55. The van der Waals surface area contributed by atoms with E-state index >= 15 is 0 Å². The second-order valence-corrected chi connectivity index (χ2v) is 12.1. The number of halogens is 1. The van der Waals surface area contributed by atoms with Crippen molar-refractivity contribution in [2.75, 3.05) is 13.2 Å². The van der Waals surface area contributed by atoms with Crippen molar-refractivity contribution in [2.45, 2.75) is 53.2 Å². The summed E-state index contributed by atoms with van der Waals surface area (Å²) in [4.78, 5) is 32.4. The Balaban J connectivity index is 1.55. The zero-order valence-electron chi connectivity index (χ0n) is 25.4. The van der Waals surface area contributed by atoms with Gasteiger partial charge in [-0.15, -0.1) is 0 Å². The Kier molecular flexibility index (Phi) is 9.71. The summed E-state index contributed by atoms with van der Waals surface area (Å²) in [5.74, 6) is 1.05. The number of hydrogen-bond donors (Lipinski definition) is 0. The largest absolute Gasteiger partial charge is 0.490 e. The summed E-state index contributed by atoms with van der Waals surface area (Å²) in [6.07, 6.45) is 1.82. The Morgan fingerprint density at radius 2 is 1.73 bits per heavy atom. The van der Waals surface area contributed by atoms with Crippen molar-refractivity contribution in [2.24, 2.45) is 4.99 Å². The number of hydrogen-bond acceptors (Lipinski definition) is 7. The second kappa shape index (κ2) is 13.7. The number of thiazole rings is 1. The molecule has 2 heterocycles. The smallest absolute Gasteiger partial charge is 0.338 e. The minimum atomic E-state index is -0.656. The molecule has 228 valence electrons. The van der Waals surface area contributed by atoms with Crippen LogP contribution in [0.25, 0.3) is 6.08 Å². The van der Waals surface area contributed by atoms with Gasteiger partial charge in [-0.2, -0.15) is 0 Å². The molecule has 0 N–H and O–H groups in total. The van der Waals surface area contributed by atoms with Gasteiger partial charge in [0.2, 0.25) is 0 Å². The van der Waals surface area contributed by atoms with Gasteiger partial charge in [0.25, 0.3) is 5.56 Å². The lowest BCUT2D eigenvalue weighted by molar-refractivity contribution is -0.139. The summed E-state index contributed by atoms with van der Waals surface area (Å²) in [5.41, 5.74) is 4.41. The maximum atomic E-state index is 14.0. The van der Waals surface area contributed by atoms with Crippen molar-refractivity contribution < 1.29 is 19.0 Å². The van der Waals surface area contributed by atoms with Gasteiger partial charge in [0.15, 0.2) is 16.3 Å². The summed E-state index contributed by atoms with van der Waals surface area (Å²) in [6.45, 7) is 10.7. The minimum Gasteiger partial charge on any atom is -0.490 e. The van der Waals surface area contributed by atoms with Crippen molar-refractivity contribution in [1.82, 2.24) is 4.57 Å². The molecule has 1 aliphatic rings. The molecule has 0 bridgehead atoms. The molecule has 0 aliphatic carbocycles. The van der Waals surface area contributed by atoms with Crippen molar-refractivity contribution >= 4 is 35.0 Å². The predicted molar refractivity (Wildman–Crippen MR) is 174 cm³/mol. The van der Waals surface area contributed by atoms with E-state index in [9.17, 15) is 9.59 Å². The third kappa shape index (κ3) is 6.66. The van der Waals surface area contributed by atoms with Gasteiger partial charge in [-0.3, -0.25) is 9.36 Å². The SMILES string of the molecule is CCOC(=O)C1=C(C)N=c2s/c(=C\c3ccc(OCc4ccc(Cl)cc4)c(OCC)c3)c(=O)n2[C@H]1c1ccc(C(C)C)cc1.